The van der Waals surface area contributed by atoms with Gasteiger partial charge in [-0.25, -0.2) is 8.78 Å². The van der Waals surface area contributed by atoms with Gasteiger partial charge in [0.05, 0.1) is 12.2 Å². The van der Waals surface area contributed by atoms with Crippen molar-refractivity contribution in [2.75, 3.05) is 13.1 Å². The molecule has 0 aliphatic carbocycles. The largest absolute Gasteiger partial charge is 0.386 e. The number of ether oxygens (including phenoxy) is 1. The van der Waals surface area contributed by atoms with Crippen LogP contribution in [0.25, 0.3) is 0 Å². The molecule has 1 aliphatic rings. The highest BCUT2D eigenvalue weighted by Crippen LogP contribution is 2.18. The van der Waals surface area contributed by atoms with Gasteiger partial charge < -0.3 is 15.2 Å². The number of halogens is 2. The van der Waals surface area contributed by atoms with Gasteiger partial charge in [0, 0.05) is 13.1 Å². The van der Waals surface area contributed by atoms with Crippen molar-refractivity contribution in [2.24, 2.45) is 0 Å². The van der Waals surface area contributed by atoms with Crippen LogP contribution in [0.5, 0.6) is 0 Å². The van der Waals surface area contributed by atoms with E-state index in [-0.39, 0.29) is 18.8 Å². The Balaban J connectivity index is 2.04. The van der Waals surface area contributed by atoms with Crippen LogP contribution in [0.2, 0.25) is 0 Å². The Labute approximate surface area is 82.4 Å². The first kappa shape index (κ1) is 11.8. The van der Waals surface area contributed by atoms with E-state index in [2.05, 4.69) is 5.32 Å². The lowest BCUT2D eigenvalue weighted by Gasteiger charge is -2.14. The average Bonchev–Trinajstić information content (AvgIpc) is 2.51. The third-order valence-electron chi connectivity index (χ3n) is 2.34. The summed E-state index contributed by atoms with van der Waals surface area (Å²) in [5.41, 5.74) is 0. The van der Waals surface area contributed by atoms with Gasteiger partial charge in [0.1, 0.15) is 6.10 Å². The number of hydrogen-bond donors (Lipinski definition) is 2. The fourth-order valence-electron chi connectivity index (χ4n) is 1.52. The van der Waals surface area contributed by atoms with E-state index >= 15 is 0 Å². The van der Waals surface area contributed by atoms with Crippen LogP contribution in [0.4, 0.5) is 8.78 Å². The second kappa shape index (κ2) is 5.58. The molecule has 3 unspecified atom stereocenters. The molecule has 0 spiro atoms. The Morgan fingerprint density at radius 1 is 1.50 bits per heavy atom. The highest BCUT2D eigenvalue weighted by atomic mass is 19.3. The maximum atomic E-state index is 11.9. The zero-order valence-corrected chi connectivity index (χ0v) is 8.25. The van der Waals surface area contributed by atoms with Crippen LogP contribution < -0.4 is 5.32 Å². The van der Waals surface area contributed by atoms with Crippen molar-refractivity contribution >= 4 is 0 Å². The fourth-order valence-corrected chi connectivity index (χ4v) is 1.52. The molecule has 0 aromatic rings. The Morgan fingerprint density at radius 2 is 2.21 bits per heavy atom. The molecule has 1 saturated heterocycles. The molecule has 1 heterocycles. The van der Waals surface area contributed by atoms with Gasteiger partial charge in [-0.2, -0.15) is 0 Å². The van der Waals surface area contributed by atoms with Gasteiger partial charge in [0.15, 0.2) is 0 Å². The minimum absolute atomic E-state index is 0.0775. The minimum atomic E-state index is -2.68. The maximum Gasteiger partial charge on any atom is 0.265 e. The molecule has 1 rings (SSSR count). The zero-order chi connectivity index (χ0) is 10.6. The van der Waals surface area contributed by atoms with E-state index in [0.717, 1.165) is 12.8 Å². The minimum Gasteiger partial charge on any atom is -0.386 e. The van der Waals surface area contributed by atoms with Crippen molar-refractivity contribution < 1.29 is 18.6 Å². The molecule has 2 N–H and O–H groups in total. The van der Waals surface area contributed by atoms with Gasteiger partial charge in [0.25, 0.3) is 6.43 Å². The molecular formula is C9H17F2NO2. The van der Waals surface area contributed by atoms with Crippen molar-refractivity contribution in [3.05, 3.63) is 0 Å². The van der Waals surface area contributed by atoms with Gasteiger partial charge in [-0.15, -0.1) is 0 Å². The molecule has 0 aromatic heterocycles. The SMILES string of the molecule is CC1CCC(CNCC(O)C(F)F)O1. The number of rotatable bonds is 5. The smallest absolute Gasteiger partial charge is 0.265 e. The van der Waals surface area contributed by atoms with Crippen molar-refractivity contribution in [1.29, 1.82) is 0 Å². The molecule has 0 saturated carbocycles. The molecule has 1 aliphatic heterocycles. The van der Waals surface area contributed by atoms with Gasteiger partial charge >= 0.3 is 0 Å². The van der Waals surface area contributed by atoms with E-state index in [9.17, 15) is 8.78 Å². The lowest BCUT2D eigenvalue weighted by molar-refractivity contribution is -0.00645. The fraction of sp³-hybridized carbons (Fsp3) is 1.00. The predicted octanol–water partition coefficient (Wildman–Crippen LogP) is 0.769. The molecule has 3 nitrogen and oxygen atoms in total. The summed E-state index contributed by atoms with van der Waals surface area (Å²) in [6.07, 6.45) is -1.90. The van der Waals surface area contributed by atoms with E-state index in [1.165, 1.54) is 0 Å². The summed E-state index contributed by atoms with van der Waals surface area (Å²) in [6.45, 7) is 2.45. The maximum absolute atomic E-state index is 11.9. The van der Waals surface area contributed by atoms with Crippen molar-refractivity contribution in [1.82, 2.24) is 5.32 Å². The Kier molecular flexibility index (Phi) is 4.71. The number of alkyl halides is 2. The van der Waals surface area contributed by atoms with E-state index in [1.54, 1.807) is 0 Å². The predicted molar refractivity (Wildman–Crippen MR) is 48.4 cm³/mol. The van der Waals surface area contributed by atoms with E-state index in [4.69, 9.17) is 9.84 Å². The second-order valence-corrected chi connectivity index (χ2v) is 3.71. The molecule has 14 heavy (non-hydrogen) atoms. The molecule has 0 amide bonds. The Bertz CT molecular complexity index is 169. The third-order valence-corrected chi connectivity index (χ3v) is 2.34. The number of hydrogen-bond acceptors (Lipinski definition) is 3. The third kappa shape index (κ3) is 3.86. The second-order valence-electron chi connectivity index (χ2n) is 3.71. The number of aliphatic hydroxyl groups excluding tert-OH is 1. The summed E-state index contributed by atoms with van der Waals surface area (Å²) < 4.78 is 29.2. The lowest BCUT2D eigenvalue weighted by Crippen LogP contribution is -2.36. The lowest BCUT2D eigenvalue weighted by atomic mass is 10.2. The van der Waals surface area contributed by atoms with Crippen LogP contribution in [-0.2, 0) is 4.74 Å². The quantitative estimate of drug-likeness (QED) is 0.702. The summed E-state index contributed by atoms with van der Waals surface area (Å²) >= 11 is 0. The zero-order valence-electron chi connectivity index (χ0n) is 8.25. The number of nitrogens with one attached hydrogen (secondary N) is 1. The first-order chi connectivity index (χ1) is 6.59. The summed E-state index contributed by atoms with van der Waals surface area (Å²) in [6, 6.07) is 0. The van der Waals surface area contributed by atoms with Crippen LogP contribution in [0.15, 0.2) is 0 Å². The van der Waals surface area contributed by atoms with Crippen LogP contribution in [0, 0.1) is 0 Å². The molecule has 1 fully saturated rings. The average molecular weight is 209 g/mol. The van der Waals surface area contributed by atoms with Crippen molar-refractivity contribution in [3.63, 3.8) is 0 Å². The molecule has 0 bridgehead atoms. The first-order valence-electron chi connectivity index (χ1n) is 4.92. The monoisotopic (exact) mass is 209 g/mol. The van der Waals surface area contributed by atoms with E-state index in [1.807, 2.05) is 6.92 Å². The standard InChI is InChI=1S/C9H17F2NO2/c1-6-2-3-7(14-6)4-12-5-8(13)9(10)11/h6-9,12-13H,2-5H2,1H3. The molecule has 3 atom stereocenters. The Hall–Kier alpha value is -0.260. The van der Waals surface area contributed by atoms with Gasteiger partial charge in [-0.05, 0) is 19.8 Å². The van der Waals surface area contributed by atoms with Crippen LogP contribution in [0.3, 0.4) is 0 Å². The van der Waals surface area contributed by atoms with Crippen LogP contribution >= 0.6 is 0 Å². The Morgan fingerprint density at radius 3 is 2.71 bits per heavy atom. The summed E-state index contributed by atoms with van der Waals surface area (Å²) in [5, 5.41) is 11.6. The van der Waals surface area contributed by atoms with E-state index in [0.29, 0.717) is 6.54 Å². The van der Waals surface area contributed by atoms with Gasteiger partial charge in [-0.3, -0.25) is 0 Å². The summed E-state index contributed by atoms with van der Waals surface area (Å²) in [4.78, 5) is 0. The molecule has 5 heteroatoms. The van der Waals surface area contributed by atoms with Crippen molar-refractivity contribution in [3.8, 4) is 0 Å². The first-order valence-corrected chi connectivity index (χ1v) is 4.92. The van der Waals surface area contributed by atoms with E-state index < -0.39 is 12.5 Å². The molecule has 0 aromatic carbocycles. The molecular weight excluding hydrogens is 192 g/mol. The topological polar surface area (TPSA) is 41.5 Å². The molecule has 84 valence electrons. The van der Waals surface area contributed by atoms with Gasteiger partial charge in [-0.1, -0.05) is 0 Å². The van der Waals surface area contributed by atoms with Gasteiger partial charge in [0.2, 0.25) is 0 Å². The molecule has 0 radical (unpaired) electrons. The summed E-state index contributed by atoms with van der Waals surface area (Å²) in [7, 11) is 0. The van der Waals surface area contributed by atoms with Crippen LogP contribution in [0.1, 0.15) is 19.8 Å². The highest BCUT2D eigenvalue weighted by Gasteiger charge is 2.22. The van der Waals surface area contributed by atoms with Crippen LogP contribution in [-0.4, -0.2) is 42.9 Å². The highest BCUT2D eigenvalue weighted by molar-refractivity contribution is 4.73. The van der Waals surface area contributed by atoms with Crippen molar-refractivity contribution in [2.45, 2.75) is 44.5 Å². The summed E-state index contributed by atoms with van der Waals surface area (Å²) in [5.74, 6) is 0. The number of aliphatic hydroxyl groups is 1. The normalized spacial score (nSPS) is 29.8.